The maximum Gasteiger partial charge on any atom is 0.264 e. The van der Waals surface area contributed by atoms with Gasteiger partial charge in [-0.1, -0.05) is 41.4 Å². The molecule has 0 aromatic heterocycles. The molecule has 1 N–H and O–H groups in total. The van der Waals surface area contributed by atoms with Crippen LogP contribution < -0.4 is 14.4 Å². The van der Waals surface area contributed by atoms with E-state index in [9.17, 15) is 18.0 Å². The summed E-state index contributed by atoms with van der Waals surface area (Å²) in [5.41, 5.74) is 0.389. The first-order valence-electron chi connectivity index (χ1n) is 12.5. The zero-order chi connectivity index (χ0) is 29.7. The van der Waals surface area contributed by atoms with E-state index >= 15 is 0 Å². The highest BCUT2D eigenvalue weighted by molar-refractivity contribution is 7.92. The number of carbonyl (C=O) groups is 2. The fourth-order valence-electron chi connectivity index (χ4n) is 3.88. The highest BCUT2D eigenvalue weighted by atomic mass is 35.5. The second kappa shape index (κ2) is 12.9. The smallest absolute Gasteiger partial charge is 0.264 e. The van der Waals surface area contributed by atoms with Crippen LogP contribution in [0.5, 0.6) is 5.75 Å². The van der Waals surface area contributed by atoms with Gasteiger partial charge in [-0.2, -0.15) is 0 Å². The zero-order valence-corrected chi connectivity index (χ0v) is 25.3. The van der Waals surface area contributed by atoms with Crippen LogP contribution in [0.4, 0.5) is 5.69 Å². The average molecular weight is 607 g/mol. The summed E-state index contributed by atoms with van der Waals surface area (Å²) in [7, 11) is -2.75. The number of hydrogen-bond acceptors (Lipinski definition) is 5. The SMILES string of the molecule is COc1ccc(S(=O)(=O)N(CC(=O)N(Cc2ccc(Cl)cc2)[C@@H](C)C(=O)NC(C)(C)C)c2cccc(Cl)c2)cc1. The Morgan fingerprint density at radius 2 is 1.57 bits per heavy atom. The number of methoxy groups -OCH3 is 1. The number of rotatable bonds is 10. The van der Waals surface area contributed by atoms with E-state index in [1.165, 1.54) is 42.3 Å². The molecule has 8 nitrogen and oxygen atoms in total. The molecule has 214 valence electrons. The van der Waals surface area contributed by atoms with Crippen molar-refractivity contribution in [3.05, 3.63) is 88.4 Å². The largest absolute Gasteiger partial charge is 0.497 e. The Labute approximate surface area is 245 Å². The van der Waals surface area contributed by atoms with Gasteiger partial charge in [0.15, 0.2) is 0 Å². The number of sulfonamides is 1. The van der Waals surface area contributed by atoms with Gasteiger partial charge in [0.2, 0.25) is 11.8 Å². The first-order chi connectivity index (χ1) is 18.7. The highest BCUT2D eigenvalue weighted by Gasteiger charge is 2.33. The van der Waals surface area contributed by atoms with Gasteiger partial charge in [0.05, 0.1) is 17.7 Å². The first-order valence-corrected chi connectivity index (χ1v) is 14.7. The number of anilines is 1. The van der Waals surface area contributed by atoms with Gasteiger partial charge in [-0.15, -0.1) is 0 Å². The van der Waals surface area contributed by atoms with Gasteiger partial charge in [0.1, 0.15) is 18.3 Å². The average Bonchev–Trinajstić information content (AvgIpc) is 2.89. The third-order valence-corrected chi connectivity index (χ3v) is 8.23. The summed E-state index contributed by atoms with van der Waals surface area (Å²) in [4.78, 5) is 28.4. The van der Waals surface area contributed by atoms with Gasteiger partial charge in [0, 0.05) is 22.1 Å². The third-order valence-electron chi connectivity index (χ3n) is 5.95. The Hall–Kier alpha value is -3.27. The summed E-state index contributed by atoms with van der Waals surface area (Å²) in [6.45, 7) is 6.61. The van der Waals surface area contributed by atoms with Crippen molar-refractivity contribution in [1.29, 1.82) is 0 Å². The number of ether oxygens (including phenoxy) is 1. The van der Waals surface area contributed by atoms with E-state index in [0.29, 0.717) is 15.8 Å². The lowest BCUT2D eigenvalue weighted by Crippen LogP contribution is -2.54. The molecule has 0 unspecified atom stereocenters. The van der Waals surface area contributed by atoms with Crippen LogP contribution in [-0.4, -0.2) is 50.4 Å². The zero-order valence-electron chi connectivity index (χ0n) is 23.0. The van der Waals surface area contributed by atoms with Crippen LogP contribution in [0.3, 0.4) is 0 Å². The Kier molecular flexibility index (Phi) is 10.1. The molecular formula is C29H33Cl2N3O5S. The van der Waals surface area contributed by atoms with Crippen LogP contribution in [0, 0.1) is 0 Å². The van der Waals surface area contributed by atoms with Crippen LogP contribution in [0.25, 0.3) is 0 Å². The van der Waals surface area contributed by atoms with Crippen molar-refractivity contribution < 1.29 is 22.7 Å². The maximum atomic E-state index is 13.9. The van der Waals surface area contributed by atoms with E-state index in [2.05, 4.69) is 5.32 Å². The molecule has 11 heteroatoms. The topological polar surface area (TPSA) is 96.0 Å². The summed E-state index contributed by atoms with van der Waals surface area (Å²) in [5.74, 6) is -0.470. The number of carbonyl (C=O) groups excluding carboxylic acids is 2. The molecule has 0 fully saturated rings. The molecule has 0 aliphatic rings. The third kappa shape index (κ3) is 8.13. The Morgan fingerprint density at radius 1 is 0.950 bits per heavy atom. The molecule has 40 heavy (non-hydrogen) atoms. The van der Waals surface area contributed by atoms with Crippen molar-refractivity contribution in [3.63, 3.8) is 0 Å². The summed E-state index contributed by atoms with van der Waals surface area (Å²) >= 11 is 12.2. The number of nitrogens with zero attached hydrogens (tertiary/aromatic N) is 2. The summed E-state index contributed by atoms with van der Waals surface area (Å²) in [5, 5.41) is 3.72. The molecule has 0 aliphatic carbocycles. The quantitative estimate of drug-likeness (QED) is 0.328. The van der Waals surface area contributed by atoms with E-state index in [-0.39, 0.29) is 23.0 Å². The summed E-state index contributed by atoms with van der Waals surface area (Å²) in [6.07, 6.45) is 0. The molecule has 3 aromatic carbocycles. The second-order valence-corrected chi connectivity index (χ2v) is 13.0. The van der Waals surface area contributed by atoms with E-state index < -0.39 is 34.1 Å². The van der Waals surface area contributed by atoms with Gasteiger partial charge in [-0.3, -0.25) is 13.9 Å². The van der Waals surface area contributed by atoms with E-state index in [1.807, 2.05) is 20.8 Å². The molecule has 0 aliphatic heterocycles. The van der Waals surface area contributed by atoms with Gasteiger partial charge in [-0.05, 0) is 87.9 Å². The predicted octanol–water partition coefficient (Wildman–Crippen LogP) is 5.53. The lowest BCUT2D eigenvalue weighted by Gasteiger charge is -2.33. The fourth-order valence-corrected chi connectivity index (χ4v) is 5.59. The number of hydrogen-bond donors (Lipinski definition) is 1. The minimum absolute atomic E-state index is 0.0381. The lowest BCUT2D eigenvalue weighted by atomic mass is 10.1. The fraction of sp³-hybridized carbons (Fsp3) is 0.310. The standard InChI is InChI=1S/C29H33Cl2N3O5S/c1-20(28(36)32-29(2,3)4)33(18-21-9-11-22(30)12-10-21)27(35)19-34(24-8-6-7-23(31)17-24)40(37,38)26-15-13-25(39-5)14-16-26/h6-17,20H,18-19H2,1-5H3,(H,32,36)/t20-/m0/s1. The van der Waals surface area contributed by atoms with Gasteiger partial charge in [-0.25, -0.2) is 8.42 Å². The van der Waals surface area contributed by atoms with Crippen LogP contribution in [-0.2, 0) is 26.2 Å². The molecule has 3 rings (SSSR count). The monoisotopic (exact) mass is 605 g/mol. The van der Waals surface area contributed by atoms with E-state index in [1.54, 1.807) is 49.4 Å². The molecule has 0 saturated carbocycles. The van der Waals surface area contributed by atoms with Crippen molar-refractivity contribution in [2.75, 3.05) is 18.0 Å². The number of benzene rings is 3. The van der Waals surface area contributed by atoms with Crippen LogP contribution >= 0.6 is 23.2 Å². The minimum atomic E-state index is -4.22. The van der Waals surface area contributed by atoms with Gasteiger partial charge < -0.3 is 15.0 Å². The number of nitrogens with one attached hydrogen (secondary N) is 1. The van der Waals surface area contributed by atoms with Crippen LogP contribution in [0.1, 0.15) is 33.3 Å². The van der Waals surface area contributed by atoms with Crippen molar-refractivity contribution >= 4 is 50.7 Å². The maximum absolute atomic E-state index is 13.9. The molecule has 0 spiro atoms. The highest BCUT2D eigenvalue weighted by Crippen LogP contribution is 2.28. The summed E-state index contributed by atoms with van der Waals surface area (Å²) < 4.78 is 33.9. The van der Waals surface area contributed by atoms with Crippen molar-refractivity contribution in [3.8, 4) is 5.75 Å². The first kappa shape index (κ1) is 31.3. The number of halogens is 2. The molecule has 0 bridgehead atoms. The molecule has 0 radical (unpaired) electrons. The molecular weight excluding hydrogens is 573 g/mol. The van der Waals surface area contributed by atoms with Crippen molar-refractivity contribution in [1.82, 2.24) is 10.2 Å². The van der Waals surface area contributed by atoms with Crippen molar-refractivity contribution in [2.24, 2.45) is 0 Å². The van der Waals surface area contributed by atoms with Crippen molar-refractivity contribution in [2.45, 2.75) is 50.7 Å². The van der Waals surface area contributed by atoms with E-state index in [0.717, 1.165) is 9.87 Å². The minimum Gasteiger partial charge on any atom is -0.497 e. The van der Waals surface area contributed by atoms with Crippen LogP contribution in [0.2, 0.25) is 10.0 Å². The van der Waals surface area contributed by atoms with Crippen LogP contribution in [0.15, 0.2) is 77.7 Å². The van der Waals surface area contributed by atoms with E-state index in [4.69, 9.17) is 27.9 Å². The van der Waals surface area contributed by atoms with Gasteiger partial charge >= 0.3 is 0 Å². The van der Waals surface area contributed by atoms with Gasteiger partial charge in [0.25, 0.3) is 10.0 Å². The normalized spacial score (nSPS) is 12.4. The Morgan fingerprint density at radius 3 is 2.12 bits per heavy atom. The molecule has 0 heterocycles. The predicted molar refractivity (Wildman–Crippen MR) is 158 cm³/mol. The molecule has 0 saturated heterocycles. The second-order valence-electron chi connectivity index (χ2n) is 10.2. The summed E-state index contributed by atoms with van der Waals surface area (Å²) in [6, 6.07) is 18.1. The molecule has 2 amide bonds. The Balaban J connectivity index is 2.03. The number of amides is 2. The lowest BCUT2D eigenvalue weighted by molar-refractivity contribution is -0.140. The molecule has 1 atom stereocenters. The Bertz CT molecular complexity index is 1440. The molecule has 3 aromatic rings.